The molecule has 1 amide bonds. The van der Waals surface area contributed by atoms with E-state index in [9.17, 15) is 4.79 Å². The number of carbonyl (C=O) groups excluding carboxylic acids is 1. The molecular formula is C18H29N2O3+. The number of nitrogens with two attached hydrogens (primary N) is 1. The molecule has 0 saturated heterocycles. The maximum absolute atomic E-state index is 12.6. The highest BCUT2D eigenvalue weighted by molar-refractivity contribution is 5.94. The SMILES string of the molecule is CCCC[NH2+]C(CCCC)C(=O)Nc1ccc2c(c1)OCCO2. The summed E-state index contributed by atoms with van der Waals surface area (Å²) >= 11 is 0. The molecule has 5 heteroatoms. The Morgan fingerprint density at radius 1 is 1.17 bits per heavy atom. The number of carbonyl (C=O) groups is 1. The van der Waals surface area contributed by atoms with Crippen molar-refractivity contribution in [3.8, 4) is 11.5 Å². The lowest BCUT2D eigenvalue weighted by Gasteiger charge is -2.20. The second-order valence-electron chi connectivity index (χ2n) is 5.97. The Bertz CT molecular complexity index is 505. The first-order chi connectivity index (χ1) is 11.2. The van der Waals surface area contributed by atoms with Gasteiger partial charge in [-0.05, 0) is 25.0 Å². The van der Waals surface area contributed by atoms with E-state index in [1.807, 2.05) is 18.2 Å². The van der Waals surface area contributed by atoms with Crippen LogP contribution in [0.5, 0.6) is 11.5 Å². The van der Waals surface area contributed by atoms with Gasteiger partial charge in [-0.3, -0.25) is 4.79 Å². The van der Waals surface area contributed by atoms with Gasteiger partial charge in [0.25, 0.3) is 5.91 Å². The van der Waals surface area contributed by atoms with Gasteiger partial charge >= 0.3 is 0 Å². The third kappa shape index (κ3) is 5.43. The Morgan fingerprint density at radius 3 is 2.65 bits per heavy atom. The van der Waals surface area contributed by atoms with Crippen molar-refractivity contribution in [3.05, 3.63) is 18.2 Å². The van der Waals surface area contributed by atoms with Crippen molar-refractivity contribution in [3.63, 3.8) is 0 Å². The number of nitrogens with one attached hydrogen (secondary N) is 1. The first-order valence-electron chi connectivity index (χ1n) is 8.78. The van der Waals surface area contributed by atoms with Crippen LogP contribution in [0.2, 0.25) is 0 Å². The monoisotopic (exact) mass is 321 g/mol. The molecule has 0 bridgehead atoms. The molecule has 0 aliphatic carbocycles. The van der Waals surface area contributed by atoms with Gasteiger partial charge in [0.2, 0.25) is 0 Å². The van der Waals surface area contributed by atoms with Gasteiger partial charge in [0.15, 0.2) is 17.5 Å². The van der Waals surface area contributed by atoms with E-state index in [-0.39, 0.29) is 11.9 Å². The molecule has 23 heavy (non-hydrogen) atoms. The quantitative estimate of drug-likeness (QED) is 0.686. The smallest absolute Gasteiger partial charge is 0.282 e. The van der Waals surface area contributed by atoms with Gasteiger partial charge in [-0.2, -0.15) is 0 Å². The third-order valence-electron chi connectivity index (χ3n) is 4.02. The Balaban J connectivity index is 1.96. The number of benzene rings is 1. The van der Waals surface area contributed by atoms with Crippen LogP contribution >= 0.6 is 0 Å². The summed E-state index contributed by atoms with van der Waals surface area (Å²) in [6, 6.07) is 5.55. The van der Waals surface area contributed by atoms with E-state index in [1.54, 1.807) is 0 Å². The largest absolute Gasteiger partial charge is 0.486 e. The van der Waals surface area contributed by atoms with Crippen LogP contribution < -0.4 is 20.1 Å². The highest BCUT2D eigenvalue weighted by atomic mass is 16.6. The predicted octanol–water partition coefficient (Wildman–Crippen LogP) is 2.32. The molecule has 0 radical (unpaired) electrons. The average Bonchev–Trinajstić information content (AvgIpc) is 2.57. The second kappa shape index (κ2) is 9.40. The summed E-state index contributed by atoms with van der Waals surface area (Å²) < 4.78 is 11.1. The van der Waals surface area contributed by atoms with E-state index < -0.39 is 0 Å². The summed E-state index contributed by atoms with van der Waals surface area (Å²) in [4.78, 5) is 12.6. The first-order valence-corrected chi connectivity index (χ1v) is 8.78. The minimum absolute atomic E-state index is 0.0188. The highest BCUT2D eigenvalue weighted by Gasteiger charge is 2.21. The number of hydrogen-bond donors (Lipinski definition) is 2. The van der Waals surface area contributed by atoms with Gasteiger partial charge in [-0.25, -0.2) is 0 Å². The highest BCUT2D eigenvalue weighted by Crippen LogP contribution is 2.32. The van der Waals surface area contributed by atoms with Crippen LogP contribution in [0, 0.1) is 0 Å². The molecule has 3 N–H and O–H groups in total. The van der Waals surface area contributed by atoms with Gasteiger partial charge in [0.05, 0.1) is 6.54 Å². The Morgan fingerprint density at radius 2 is 1.91 bits per heavy atom. The van der Waals surface area contributed by atoms with Crippen LogP contribution in [0.15, 0.2) is 18.2 Å². The molecule has 5 nitrogen and oxygen atoms in total. The number of rotatable bonds is 9. The van der Waals surface area contributed by atoms with E-state index >= 15 is 0 Å². The number of unbranched alkanes of at least 4 members (excludes halogenated alkanes) is 2. The van der Waals surface area contributed by atoms with Crippen LogP contribution in [-0.4, -0.2) is 31.7 Å². The molecule has 1 heterocycles. The van der Waals surface area contributed by atoms with Gasteiger partial charge < -0.3 is 20.1 Å². The third-order valence-corrected chi connectivity index (χ3v) is 4.02. The van der Waals surface area contributed by atoms with Crippen molar-refractivity contribution < 1.29 is 19.6 Å². The van der Waals surface area contributed by atoms with E-state index in [0.717, 1.165) is 50.1 Å². The van der Waals surface area contributed by atoms with Crippen molar-refractivity contribution >= 4 is 11.6 Å². The molecule has 1 aliphatic rings. The van der Waals surface area contributed by atoms with Crippen molar-refractivity contribution in [2.24, 2.45) is 0 Å². The zero-order valence-corrected chi connectivity index (χ0v) is 14.3. The topological polar surface area (TPSA) is 64.2 Å². The van der Waals surface area contributed by atoms with Gasteiger partial charge in [0.1, 0.15) is 13.2 Å². The Hall–Kier alpha value is -1.75. The Kier molecular flexibility index (Phi) is 7.20. The van der Waals surface area contributed by atoms with Crippen molar-refractivity contribution in [1.82, 2.24) is 0 Å². The second-order valence-corrected chi connectivity index (χ2v) is 5.97. The lowest BCUT2D eigenvalue weighted by atomic mass is 10.1. The number of ether oxygens (including phenoxy) is 2. The summed E-state index contributed by atoms with van der Waals surface area (Å²) in [7, 11) is 0. The standard InChI is InChI=1S/C18H28N2O3/c1-3-5-7-15(19-10-6-4-2)18(21)20-14-8-9-16-17(13-14)23-12-11-22-16/h8-9,13,15,19H,3-7,10-12H2,1-2H3,(H,20,21)/p+1. The molecular weight excluding hydrogens is 292 g/mol. The molecule has 128 valence electrons. The molecule has 1 unspecified atom stereocenters. The minimum Gasteiger partial charge on any atom is -0.486 e. The van der Waals surface area contributed by atoms with E-state index in [0.29, 0.717) is 19.0 Å². The fraction of sp³-hybridized carbons (Fsp3) is 0.611. The lowest BCUT2D eigenvalue weighted by Crippen LogP contribution is -2.92. The maximum Gasteiger partial charge on any atom is 0.282 e. The van der Waals surface area contributed by atoms with Crippen molar-refractivity contribution in [2.45, 2.75) is 52.0 Å². The zero-order chi connectivity index (χ0) is 16.5. The summed E-state index contributed by atoms with van der Waals surface area (Å²) in [5.74, 6) is 1.52. The van der Waals surface area contributed by atoms with Crippen molar-refractivity contribution in [2.75, 3.05) is 25.1 Å². The molecule has 0 saturated carbocycles. The van der Waals surface area contributed by atoms with Gasteiger partial charge in [0, 0.05) is 18.2 Å². The van der Waals surface area contributed by atoms with E-state index in [1.165, 1.54) is 0 Å². The van der Waals surface area contributed by atoms with Crippen LogP contribution in [0.25, 0.3) is 0 Å². The number of anilines is 1. The van der Waals surface area contributed by atoms with Crippen LogP contribution in [0.3, 0.4) is 0 Å². The van der Waals surface area contributed by atoms with E-state index in [2.05, 4.69) is 24.5 Å². The summed E-state index contributed by atoms with van der Waals surface area (Å²) in [6.45, 7) is 6.45. The molecule has 1 aromatic rings. The van der Waals surface area contributed by atoms with Crippen molar-refractivity contribution in [1.29, 1.82) is 0 Å². The zero-order valence-electron chi connectivity index (χ0n) is 14.3. The summed E-state index contributed by atoms with van der Waals surface area (Å²) in [5.41, 5.74) is 0.768. The number of amides is 1. The molecule has 0 fully saturated rings. The molecule has 0 spiro atoms. The molecule has 1 atom stereocenters. The fourth-order valence-electron chi connectivity index (χ4n) is 2.66. The fourth-order valence-corrected chi connectivity index (χ4v) is 2.66. The lowest BCUT2D eigenvalue weighted by molar-refractivity contribution is -0.677. The minimum atomic E-state index is -0.0188. The number of fused-ring (bicyclic) bond motifs is 1. The van der Waals surface area contributed by atoms with E-state index in [4.69, 9.17) is 9.47 Å². The van der Waals surface area contributed by atoms with Crippen LogP contribution in [0.1, 0.15) is 46.0 Å². The first kappa shape index (κ1) is 17.6. The Labute approximate surface area is 138 Å². The van der Waals surface area contributed by atoms with Crippen LogP contribution in [-0.2, 0) is 4.79 Å². The summed E-state index contributed by atoms with van der Waals surface area (Å²) in [5, 5.41) is 5.20. The summed E-state index contributed by atoms with van der Waals surface area (Å²) in [6.07, 6.45) is 5.38. The average molecular weight is 321 g/mol. The van der Waals surface area contributed by atoms with Gasteiger partial charge in [-0.15, -0.1) is 0 Å². The normalized spacial score (nSPS) is 14.3. The molecule has 1 aliphatic heterocycles. The molecule has 0 aromatic heterocycles. The number of hydrogen-bond acceptors (Lipinski definition) is 3. The predicted molar refractivity (Wildman–Crippen MR) is 91.1 cm³/mol. The molecule has 1 aromatic carbocycles. The van der Waals surface area contributed by atoms with Gasteiger partial charge in [-0.1, -0.05) is 26.7 Å². The number of quaternary nitrogens is 1. The van der Waals surface area contributed by atoms with Crippen LogP contribution in [0.4, 0.5) is 5.69 Å². The molecule has 2 rings (SSSR count). The maximum atomic E-state index is 12.6.